The number of aliphatic carboxylic acids is 1. The highest BCUT2D eigenvalue weighted by Crippen LogP contribution is 2.27. The van der Waals surface area contributed by atoms with Crippen LogP contribution in [-0.2, 0) is 9.59 Å². The van der Waals surface area contributed by atoms with Crippen molar-refractivity contribution in [2.45, 2.75) is 18.6 Å². The number of carboxylic acids is 1. The molecule has 1 fully saturated rings. The van der Waals surface area contributed by atoms with Crippen molar-refractivity contribution in [1.29, 1.82) is 0 Å². The Morgan fingerprint density at radius 3 is 2.92 bits per heavy atom. The van der Waals surface area contributed by atoms with Gasteiger partial charge in [-0.2, -0.15) is 5.10 Å². The summed E-state index contributed by atoms with van der Waals surface area (Å²) in [6, 6.07) is 5.29. The largest absolute Gasteiger partial charge is 0.550 e. The Labute approximate surface area is 142 Å². The first kappa shape index (κ1) is 17.8. The number of rotatable bonds is 7. The summed E-state index contributed by atoms with van der Waals surface area (Å²) in [6.07, 6.45) is 1.13. The van der Waals surface area contributed by atoms with E-state index in [4.69, 9.17) is 9.47 Å². The molecular formula is C15H16N3O5S-. The van der Waals surface area contributed by atoms with Crippen molar-refractivity contribution in [3.05, 3.63) is 23.8 Å². The van der Waals surface area contributed by atoms with Crippen molar-refractivity contribution >= 4 is 35.0 Å². The van der Waals surface area contributed by atoms with Crippen LogP contribution >= 0.6 is 11.8 Å². The van der Waals surface area contributed by atoms with Crippen LogP contribution in [0.5, 0.6) is 11.5 Å². The Kier molecular flexibility index (Phi) is 6.19. The second-order valence-electron chi connectivity index (χ2n) is 4.66. The molecule has 1 N–H and O–H groups in total. The molecule has 0 saturated carbocycles. The molecule has 0 aliphatic carbocycles. The van der Waals surface area contributed by atoms with E-state index in [1.165, 1.54) is 6.21 Å². The van der Waals surface area contributed by atoms with Gasteiger partial charge in [0.2, 0.25) is 5.91 Å². The van der Waals surface area contributed by atoms with E-state index in [1.807, 2.05) is 6.92 Å². The smallest absolute Gasteiger partial charge is 0.239 e. The summed E-state index contributed by atoms with van der Waals surface area (Å²) in [6.45, 7) is 2.37. The summed E-state index contributed by atoms with van der Waals surface area (Å²) in [5.74, 6) is -0.492. The number of carboxylic acid groups (broad SMARTS) is 1. The summed E-state index contributed by atoms with van der Waals surface area (Å²) >= 11 is 1.01. The zero-order valence-corrected chi connectivity index (χ0v) is 14.0. The van der Waals surface area contributed by atoms with E-state index < -0.39 is 17.1 Å². The highest BCUT2D eigenvalue weighted by molar-refractivity contribution is 8.15. The van der Waals surface area contributed by atoms with Crippen LogP contribution in [0.15, 0.2) is 28.4 Å². The van der Waals surface area contributed by atoms with Crippen LogP contribution in [0.4, 0.5) is 0 Å². The first-order valence-electron chi connectivity index (χ1n) is 7.12. The van der Waals surface area contributed by atoms with Crippen LogP contribution < -0.4 is 19.9 Å². The molecule has 1 aromatic carbocycles. The van der Waals surface area contributed by atoms with Crippen molar-refractivity contribution in [3.8, 4) is 11.5 Å². The summed E-state index contributed by atoms with van der Waals surface area (Å²) in [4.78, 5) is 22.1. The molecule has 0 bridgehead atoms. The number of amides is 1. The van der Waals surface area contributed by atoms with Crippen LogP contribution in [0.3, 0.4) is 0 Å². The maximum atomic E-state index is 11.6. The average molecular weight is 350 g/mol. The molecule has 1 heterocycles. The summed E-state index contributed by atoms with van der Waals surface area (Å²) < 4.78 is 10.7. The predicted molar refractivity (Wildman–Crippen MR) is 88.3 cm³/mol. The van der Waals surface area contributed by atoms with Gasteiger partial charge < -0.3 is 24.7 Å². The molecule has 9 heteroatoms. The minimum absolute atomic E-state index is 0.251. The third kappa shape index (κ3) is 4.72. The molecule has 1 amide bonds. The Morgan fingerprint density at radius 1 is 1.46 bits per heavy atom. The van der Waals surface area contributed by atoms with Crippen molar-refractivity contribution in [2.75, 3.05) is 13.7 Å². The molecule has 0 spiro atoms. The lowest BCUT2D eigenvalue weighted by Gasteiger charge is -2.09. The van der Waals surface area contributed by atoms with Gasteiger partial charge in [0.1, 0.15) is 0 Å². The molecule has 0 unspecified atom stereocenters. The number of nitrogens with zero attached hydrogens (tertiary/aromatic N) is 2. The van der Waals surface area contributed by atoms with Gasteiger partial charge in [-0.3, -0.25) is 4.79 Å². The Balaban J connectivity index is 2.05. The highest BCUT2D eigenvalue weighted by Gasteiger charge is 2.30. The number of methoxy groups -OCH3 is 1. The first-order chi connectivity index (χ1) is 11.5. The molecule has 1 saturated heterocycles. The quantitative estimate of drug-likeness (QED) is 0.553. The van der Waals surface area contributed by atoms with Gasteiger partial charge in [-0.15, -0.1) is 5.10 Å². The van der Waals surface area contributed by atoms with Gasteiger partial charge in [-0.25, -0.2) is 0 Å². The monoisotopic (exact) mass is 350 g/mol. The van der Waals surface area contributed by atoms with Gasteiger partial charge >= 0.3 is 0 Å². The van der Waals surface area contributed by atoms with Gasteiger partial charge in [-0.1, -0.05) is 11.8 Å². The summed E-state index contributed by atoms with van der Waals surface area (Å²) in [5, 5.41) is 20.3. The van der Waals surface area contributed by atoms with Crippen LogP contribution in [0.1, 0.15) is 18.9 Å². The average Bonchev–Trinajstić information content (AvgIpc) is 2.87. The molecule has 128 valence electrons. The number of thioether (sulfide) groups is 1. The number of ether oxygens (including phenoxy) is 2. The van der Waals surface area contributed by atoms with Crippen molar-refractivity contribution in [1.82, 2.24) is 5.32 Å². The Bertz CT molecular complexity index is 690. The lowest BCUT2D eigenvalue weighted by molar-refractivity contribution is -0.305. The molecule has 2 rings (SSSR count). The predicted octanol–water partition coefficient (Wildman–Crippen LogP) is 0.155. The van der Waals surface area contributed by atoms with Gasteiger partial charge in [0.25, 0.3) is 0 Å². The van der Waals surface area contributed by atoms with E-state index in [9.17, 15) is 14.7 Å². The fourth-order valence-corrected chi connectivity index (χ4v) is 2.84. The van der Waals surface area contributed by atoms with E-state index in [-0.39, 0.29) is 11.6 Å². The highest BCUT2D eigenvalue weighted by atomic mass is 32.2. The second-order valence-corrected chi connectivity index (χ2v) is 5.86. The summed E-state index contributed by atoms with van der Waals surface area (Å²) in [5.41, 5.74) is 0.740. The SMILES string of the molecule is CCOc1cc(/C=N\N=C2/NC(=O)[C@@H](CC(=O)[O-])S2)ccc1OC. The molecule has 1 aliphatic rings. The number of nitrogens with one attached hydrogen (secondary N) is 1. The fourth-order valence-electron chi connectivity index (χ4n) is 1.93. The normalized spacial score (nSPS) is 18.8. The number of hydrogen-bond acceptors (Lipinski definition) is 8. The minimum atomic E-state index is -1.28. The zero-order chi connectivity index (χ0) is 17.5. The minimum Gasteiger partial charge on any atom is -0.550 e. The molecule has 0 radical (unpaired) electrons. The summed E-state index contributed by atoms with van der Waals surface area (Å²) in [7, 11) is 1.56. The van der Waals surface area contributed by atoms with E-state index >= 15 is 0 Å². The third-order valence-electron chi connectivity index (χ3n) is 2.97. The van der Waals surface area contributed by atoms with E-state index in [1.54, 1.807) is 25.3 Å². The van der Waals surface area contributed by atoms with Crippen molar-refractivity contribution < 1.29 is 24.2 Å². The zero-order valence-electron chi connectivity index (χ0n) is 13.1. The lowest BCUT2D eigenvalue weighted by atomic mass is 10.2. The maximum absolute atomic E-state index is 11.6. The van der Waals surface area contributed by atoms with Crippen LogP contribution in [-0.4, -0.2) is 42.2 Å². The fraction of sp³-hybridized carbons (Fsp3) is 0.333. The number of hydrogen-bond donors (Lipinski definition) is 1. The Morgan fingerprint density at radius 2 is 2.25 bits per heavy atom. The number of benzene rings is 1. The third-order valence-corrected chi connectivity index (χ3v) is 4.04. The lowest BCUT2D eigenvalue weighted by Crippen LogP contribution is -2.31. The van der Waals surface area contributed by atoms with Gasteiger partial charge in [-0.05, 0) is 30.7 Å². The first-order valence-corrected chi connectivity index (χ1v) is 8.00. The number of carbonyl (C=O) groups is 2. The maximum Gasteiger partial charge on any atom is 0.239 e. The molecule has 1 aliphatic heterocycles. The Hall–Kier alpha value is -2.55. The van der Waals surface area contributed by atoms with Crippen LogP contribution in [0, 0.1) is 0 Å². The van der Waals surface area contributed by atoms with Crippen LogP contribution in [0.25, 0.3) is 0 Å². The molecule has 24 heavy (non-hydrogen) atoms. The molecule has 0 aromatic heterocycles. The topological polar surface area (TPSA) is 112 Å². The second kappa shape index (κ2) is 8.34. The van der Waals surface area contributed by atoms with E-state index in [2.05, 4.69) is 15.5 Å². The van der Waals surface area contributed by atoms with Crippen LogP contribution in [0.2, 0.25) is 0 Å². The molecule has 1 aromatic rings. The van der Waals surface area contributed by atoms with Crippen molar-refractivity contribution in [2.24, 2.45) is 10.2 Å². The van der Waals surface area contributed by atoms with Crippen molar-refractivity contribution in [3.63, 3.8) is 0 Å². The number of carbonyl (C=O) groups excluding carboxylic acids is 2. The van der Waals surface area contributed by atoms with Gasteiger partial charge in [0.05, 0.1) is 25.2 Å². The molecule has 8 nitrogen and oxygen atoms in total. The standard InChI is InChI=1S/C15H17N3O5S/c1-3-23-11-6-9(4-5-10(11)22-2)8-16-18-15-17-14(21)12(24-15)7-13(19)20/h4-6,8,12H,3,7H2,1-2H3,(H,19,20)(H,17,18,21)/p-1/b16-8-/t12-/m1/s1. The van der Waals surface area contributed by atoms with E-state index in [0.717, 1.165) is 17.3 Å². The van der Waals surface area contributed by atoms with Gasteiger partial charge in [0, 0.05) is 12.4 Å². The van der Waals surface area contributed by atoms with Gasteiger partial charge in [0.15, 0.2) is 16.7 Å². The number of amidine groups is 1. The molecule has 1 atom stereocenters. The molecular weight excluding hydrogens is 334 g/mol. The van der Waals surface area contributed by atoms with E-state index in [0.29, 0.717) is 18.1 Å².